The first-order chi connectivity index (χ1) is 11.0. The number of carbonyl (C=O) groups is 1. The second kappa shape index (κ2) is 9.02. The van der Waals surface area contributed by atoms with E-state index in [9.17, 15) is 13.2 Å². The number of carbonyl (C=O) groups excluding carboxylic acids is 1. The number of rotatable bonds is 6. The van der Waals surface area contributed by atoms with Crippen LogP contribution >= 0.6 is 0 Å². The van der Waals surface area contributed by atoms with Crippen LogP contribution in [-0.2, 0) is 14.8 Å². The molecule has 0 aromatic heterocycles. The van der Waals surface area contributed by atoms with Crippen molar-refractivity contribution in [2.75, 3.05) is 18.8 Å². The minimum absolute atomic E-state index is 0.0623. The molecule has 0 aromatic carbocycles. The Bertz CT molecular complexity index is 470. The Morgan fingerprint density at radius 3 is 2.43 bits per heavy atom. The van der Waals surface area contributed by atoms with E-state index in [4.69, 9.17) is 0 Å². The number of sulfonamides is 1. The molecule has 2 rings (SSSR count). The number of piperidine rings is 1. The summed E-state index contributed by atoms with van der Waals surface area (Å²) in [5, 5.41) is 3.18. The van der Waals surface area contributed by atoms with E-state index in [1.54, 1.807) is 4.31 Å². The third kappa shape index (κ3) is 5.75. The Morgan fingerprint density at radius 1 is 1.09 bits per heavy atom. The van der Waals surface area contributed by atoms with Crippen LogP contribution in [0.25, 0.3) is 0 Å². The number of hydrogen-bond donors (Lipinski definition) is 1. The predicted octanol–water partition coefficient (Wildman–Crippen LogP) is 2.67. The Kier molecular flexibility index (Phi) is 7.34. The molecule has 0 aromatic rings. The highest BCUT2D eigenvalue weighted by Crippen LogP contribution is 2.22. The van der Waals surface area contributed by atoms with E-state index in [0.29, 0.717) is 19.5 Å². The van der Waals surface area contributed by atoms with Gasteiger partial charge < -0.3 is 5.32 Å². The van der Waals surface area contributed by atoms with Crippen molar-refractivity contribution in [2.45, 2.75) is 77.2 Å². The maximum atomic E-state index is 12.5. The molecule has 1 saturated heterocycles. The fraction of sp³-hybridized carbons (Fsp3) is 0.941. The van der Waals surface area contributed by atoms with Gasteiger partial charge >= 0.3 is 0 Å². The number of nitrogens with zero attached hydrogens (tertiary/aromatic N) is 1. The zero-order chi connectivity index (χ0) is 16.7. The molecular weight excluding hydrogens is 312 g/mol. The van der Waals surface area contributed by atoms with E-state index in [1.807, 2.05) is 6.92 Å². The lowest BCUT2D eigenvalue weighted by Gasteiger charge is -2.32. The number of nitrogens with one attached hydrogen (secondary N) is 1. The van der Waals surface area contributed by atoms with E-state index in [1.165, 1.54) is 25.7 Å². The summed E-state index contributed by atoms with van der Waals surface area (Å²) < 4.78 is 26.2. The molecule has 1 heterocycles. The molecule has 23 heavy (non-hydrogen) atoms. The normalized spacial score (nSPS) is 25.0. The van der Waals surface area contributed by atoms with Crippen LogP contribution in [0.2, 0.25) is 0 Å². The van der Waals surface area contributed by atoms with E-state index in [-0.39, 0.29) is 23.6 Å². The molecule has 0 bridgehead atoms. The summed E-state index contributed by atoms with van der Waals surface area (Å²) in [7, 11) is -3.20. The molecule has 1 amide bonds. The van der Waals surface area contributed by atoms with Gasteiger partial charge in [-0.3, -0.25) is 4.79 Å². The topological polar surface area (TPSA) is 66.5 Å². The molecule has 2 aliphatic rings. The van der Waals surface area contributed by atoms with Crippen LogP contribution in [0.1, 0.15) is 71.1 Å². The van der Waals surface area contributed by atoms with Crippen molar-refractivity contribution in [1.82, 2.24) is 9.62 Å². The maximum absolute atomic E-state index is 12.5. The minimum atomic E-state index is -3.20. The van der Waals surface area contributed by atoms with E-state index >= 15 is 0 Å². The lowest BCUT2D eigenvalue weighted by molar-refractivity contribution is -0.126. The molecule has 0 unspecified atom stereocenters. The summed E-state index contributed by atoms with van der Waals surface area (Å²) in [6, 6.07) is 0.289. The summed E-state index contributed by atoms with van der Waals surface area (Å²) in [6.07, 6.45) is 10.2. The molecule has 2 fully saturated rings. The molecule has 1 aliphatic carbocycles. The molecule has 134 valence electrons. The van der Waals surface area contributed by atoms with E-state index < -0.39 is 10.0 Å². The van der Waals surface area contributed by atoms with Crippen LogP contribution in [0.3, 0.4) is 0 Å². The highest BCUT2D eigenvalue weighted by atomic mass is 32.2. The highest BCUT2D eigenvalue weighted by molar-refractivity contribution is 7.89. The van der Waals surface area contributed by atoms with Gasteiger partial charge in [0.25, 0.3) is 0 Å². The Balaban J connectivity index is 1.88. The van der Waals surface area contributed by atoms with Crippen LogP contribution in [0.5, 0.6) is 0 Å². The minimum Gasteiger partial charge on any atom is -0.353 e. The lowest BCUT2D eigenvalue weighted by Crippen LogP contribution is -2.48. The first-order valence-corrected chi connectivity index (χ1v) is 10.9. The van der Waals surface area contributed by atoms with Crippen molar-refractivity contribution in [3.63, 3.8) is 0 Å². The average Bonchev–Trinajstić information content (AvgIpc) is 2.82. The predicted molar refractivity (Wildman–Crippen MR) is 92.6 cm³/mol. The average molecular weight is 345 g/mol. The van der Waals surface area contributed by atoms with Gasteiger partial charge in [0.15, 0.2) is 0 Å². The first-order valence-electron chi connectivity index (χ1n) is 9.31. The summed E-state index contributed by atoms with van der Waals surface area (Å²) >= 11 is 0. The van der Waals surface area contributed by atoms with Crippen molar-refractivity contribution in [2.24, 2.45) is 5.92 Å². The quantitative estimate of drug-likeness (QED) is 0.753. The Hall–Kier alpha value is -0.620. The summed E-state index contributed by atoms with van der Waals surface area (Å²) in [5.74, 6) is 0.0937. The van der Waals surface area contributed by atoms with Gasteiger partial charge in [0, 0.05) is 19.1 Å². The van der Waals surface area contributed by atoms with Gasteiger partial charge in [-0.15, -0.1) is 0 Å². The Morgan fingerprint density at radius 2 is 1.78 bits per heavy atom. The van der Waals surface area contributed by atoms with Crippen LogP contribution in [0, 0.1) is 5.92 Å². The molecule has 1 aliphatic heterocycles. The van der Waals surface area contributed by atoms with Crippen LogP contribution in [-0.4, -0.2) is 43.5 Å². The van der Waals surface area contributed by atoms with Crippen molar-refractivity contribution < 1.29 is 13.2 Å². The van der Waals surface area contributed by atoms with Gasteiger partial charge in [0.1, 0.15) is 0 Å². The van der Waals surface area contributed by atoms with Gasteiger partial charge in [-0.05, 0) is 32.1 Å². The summed E-state index contributed by atoms with van der Waals surface area (Å²) in [5.41, 5.74) is 0. The van der Waals surface area contributed by atoms with Crippen LogP contribution in [0.4, 0.5) is 0 Å². The number of hydrogen-bond acceptors (Lipinski definition) is 3. The van der Waals surface area contributed by atoms with Gasteiger partial charge in [0.2, 0.25) is 15.9 Å². The fourth-order valence-corrected chi connectivity index (χ4v) is 5.33. The molecule has 1 atom stereocenters. The monoisotopic (exact) mass is 344 g/mol. The second-order valence-electron chi connectivity index (χ2n) is 7.06. The highest BCUT2D eigenvalue weighted by Gasteiger charge is 2.32. The lowest BCUT2D eigenvalue weighted by atomic mass is 9.97. The first kappa shape index (κ1) is 18.7. The molecule has 0 spiro atoms. The number of amides is 1. The molecule has 1 saturated carbocycles. The number of unbranched alkanes of at least 4 members (excludes halogenated alkanes) is 1. The third-order valence-corrected chi connectivity index (χ3v) is 7.03. The molecule has 6 heteroatoms. The summed E-state index contributed by atoms with van der Waals surface area (Å²) in [4.78, 5) is 12.5. The molecular formula is C17H32N2O3S. The Labute approximate surface area is 141 Å². The van der Waals surface area contributed by atoms with Crippen molar-refractivity contribution in [3.05, 3.63) is 0 Å². The molecule has 5 nitrogen and oxygen atoms in total. The van der Waals surface area contributed by atoms with Gasteiger partial charge in [0.05, 0.1) is 11.7 Å². The van der Waals surface area contributed by atoms with E-state index in [0.717, 1.165) is 32.1 Å². The molecule has 1 N–H and O–H groups in total. The van der Waals surface area contributed by atoms with Gasteiger partial charge in [-0.1, -0.05) is 39.0 Å². The maximum Gasteiger partial charge on any atom is 0.224 e. The molecule has 0 radical (unpaired) electrons. The van der Waals surface area contributed by atoms with Crippen molar-refractivity contribution >= 4 is 15.9 Å². The van der Waals surface area contributed by atoms with Gasteiger partial charge in [-0.2, -0.15) is 0 Å². The van der Waals surface area contributed by atoms with Crippen molar-refractivity contribution in [1.29, 1.82) is 0 Å². The zero-order valence-electron chi connectivity index (χ0n) is 14.4. The van der Waals surface area contributed by atoms with Gasteiger partial charge in [-0.25, -0.2) is 12.7 Å². The third-order valence-electron chi connectivity index (χ3n) is 5.11. The standard InChI is InChI=1S/C17H32N2O3S/c1-2-3-13-23(21,22)19-12-8-9-15(14-19)17(20)18-16-10-6-4-5-7-11-16/h15-16H,2-14H2,1H3,(H,18,20)/t15-/m1/s1. The summed E-state index contributed by atoms with van der Waals surface area (Å²) in [6.45, 7) is 2.93. The fourth-order valence-electron chi connectivity index (χ4n) is 3.61. The second-order valence-corrected chi connectivity index (χ2v) is 9.15. The smallest absolute Gasteiger partial charge is 0.224 e. The van der Waals surface area contributed by atoms with Crippen LogP contribution in [0.15, 0.2) is 0 Å². The van der Waals surface area contributed by atoms with E-state index in [2.05, 4.69) is 5.32 Å². The SMILES string of the molecule is CCCCS(=O)(=O)N1CCC[C@@H](C(=O)NC2CCCCCC2)C1. The largest absolute Gasteiger partial charge is 0.353 e. The van der Waals surface area contributed by atoms with Crippen molar-refractivity contribution in [3.8, 4) is 0 Å². The zero-order valence-corrected chi connectivity index (χ0v) is 15.2. The van der Waals surface area contributed by atoms with Crippen LogP contribution < -0.4 is 5.32 Å².